The maximum absolute atomic E-state index is 10.7. The number of aryl methyl sites for hydroxylation is 1. The van der Waals surface area contributed by atoms with Crippen LogP contribution in [0.15, 0.2) is 91.0 Å². The third kappa shape index (κ3) is 6.83. The third-order valence-electron chi connectivity index (χ3n) is 5.69. The van der Waals surface area contributed by atoms with Crippen molar-refractivity contribution in [3.63, 3.8) is 0 Å². The first kappa shape index (κ1) is 25.2. The van der Waals surface area contributed by atoms with Crippen molar-refractivity contribution >= 4 is 0 Å². The number of ether oxygens (including phenoxy) is 2. The molecule has 3 aromatic carbocycles. The highest BCUT2D eigenvalue weighted by molar-refractivity contribution is 5.43. The highest BCUT2D eigenvalue weighted by atomic mass is 16.5. The van der Waals surface area contributed by atoms with Crippen LogP contribution >= 0.6 is 0 Å². The van der Waals surface area contributed by atoms with E-state index < -0.39 is 6.10 Å². The molecule has 0 radical (unpaired) electrons. The molecular weight excluding hydrogens is 450 g/mol. The SMILES string of the molecule is C#CCOC[C@H](O)CN(Cc1ccccc1)Cc1c(C)nn(-c2ccccc2)c1Oc1ccccc1. The Bertz CT molecular complexity index is 1250. The number of aliphatic hydroxyl groups excluding tert-OH is 1. The topological polar surface area (TPSA) is 59.8 Å². The van der Waals surface area contributed by atoms with E-state index in [-0.39, 0.29) is 13.2 Å². The number of aliphatic hydroxyl groups is 1. The molecule has 0 fully saturated rings. The Labute approximate surface area is 212 Å². The number of hydrogen-bond donors (Lipinski definition) is 1. The lowest BCUT2D eigenvalue weighted by Crippen LogP contribution is -2.34. The maximum Gasteiger partial charge on any atom is 0.227 e. The van der Waals surface area contributed by atoms with Crippen LogP contribution in [0.5, 0.6) is 11.6 Å². The molecule has 0 saturated carbocycles. The molecule has 0 aliphatic carbocycles. The van der Waals surface area contributed by atoms with Crippen molar-refractivity contribution in [2.24, 2.45) is 0 Å². The number of benzene rings is 3. The molecule has 0 spiro atoms. The van der Waals surface area contributed by atoms with Crippen LogP contribution in [0.2, 0.25) is 0 Å². The summed E-state index contributed by atoms with van der Waals surface area (Å²) in [6.45, 7) is 3.91. The zero-order valence-electron chi connectivity index (χ0n) is 20.5. The van der Waals surface area contributed by atoms with Gasteiger partial charge in [0.1, 0.15) is 12.4 Å². The van der Waals surface area contributed by atoms with Gasteiger partial charge in [0.05, 0.1) is 29.7 Å². The van der Waals surface area contributed by atoms with Gasteiger partial charge in [0.2, 0.25) is 5.88 Å². The van der Waals surface area contributed by atoms with E-state index in [1.54, 1.807) is 0 Å². The predicted molar refractivity (Wildman–Crippen MR) is 141 cm³/mol. The smallest absolute Gasteiger partial charge is 0.227 e. The van der Waals surface area contributed by atoms with E-state index in [0.717, 1.165) is 28.3 Å². The normalized spacial score (nSPS) is 11.8. The van der Waals surface area contributed by atoms with Gasteiger partial charge < -0.3 is 14.6 Å². The number of aromatic nitrogens is 2. The molecule has 36 heavy (non-hydrogen) atoms. The lowest BCUT2D eigenvalue weighted by molar-refractivity contribution is 0.0242. The Kier molecular flexibility index (Phi) is 8.90. The Morgan fingerprint density at radius 2 is 1.58 bits per heavy atom. The van der Waals surface area contributed by atoms with E-state index in [4.69, 9.17) is 21.0 Å². The zero-order chi connectivity index (χ0) is 25.2. The number of para-hydroxylation sites is 2. The predicted octanol–water partition coefficient (Wildman–Crippen LogP) is 4.99. The van der Waals surface area contributed by atoms with Gasteiger partial charge in [0.25, 0.3) is 0 Å². The number of terminal acetylenes is 1. The second-order valence-corrected chi connectivity index (χ2v) is 8.56. The van der Waals surface area contributed by atoms with Gasteiger partial charge in [-0.25, -0.2) is 4.68 Å². The van der Waals surface area contributed by atoms with E-state index in [0.29, 0.717) is 25.5 Å². The van der Waals surface area contributed by atoms with Crippen molar-refractivity contribution < 1.29 is 14.6 Å². The fraction of sp³-hybridized carbons (Fsp3) is 0.233. The van der Waals surface area contributed by atoms with Crippen molar-refractivity contribution in [2.45, 2.75) is 26.1 Å². The van der Waals surface area contributed by atoms with E-state index >= 15 is 0 Å². The lowest BCUT2D eigenvalue weighted by Gasteiger charge is -2.25. The third-order valence-corrected chi connectivity index (χ3v) is 5.69. The molecule has 0 aliphatic rings. The molecule has 184 valence electrons. The summed E-state index contributed by atoms with van der Waals surface area (Å²) < 4.78 is 13.6. The van der Waals surface area contributed by atoms with Crippen LogP contribution in [0.4, 0.5) is 0 Å². The minimum atomic E-state index is -0.690. The van der Waals surface area contributed by atoms with Crippen LogP contribution in [0.3, 0.4) is 0 Å². The monoisotopic (exact) mass is 481 g/mol. The zero-order valence-corrected chi connectivity index (χ0v) is 20.5. The maximum atomic E-state index is 10.7. The molecule has 0 saturated heterocycles. The molecule has 4 rings (SSSR count). The minimum Gasteiger partial charge on any atom is -0.439 e. The van der Waals surface area contributed by atoms with Crippen LogP contribution < -0.4 is 4.74 Å². The van der Waals surface area contributed by atoms with Gasteiger partial charge in [0.15, 0.2) is 0 Å². The summed E-state index contributed by atoms with van der Waals surface area (Å²) in [5, 5.41) is 15.5. The van der Waals surface area contributed by atoms with Crippen molar-refractivity contribution in [3.05, 3.63) is 108 Å². The van der Waals surface area contributed by atoms with Gasteiger partial charge >= 0.3 is 0 Å². The second kappa shape index (κ2) is 12.7. The molecule has 0 bridgehead atoms. The summed E-state index contributed by atoms with van der Waals surface area (Å²) in [4.78, 5) is 2.18. The minimum absolute atomic E-state index is 0.172. The van der Waals surface area contributed by atoms with Crippen molar-refractivity contribution in [1.82, 2.24) is 14.7 Å². The van der Waals surface area contributed by atoms with E-state index in [9.17, 15) is 5.11 Å². The van der Waals surface area contributed by atoms with Crippen LogP contribution in [-0.4, -0.2) is 45.6 Å². The molecule has 1 aromatic heterocycles. The molecule has 0 amide bonds. The fourth-order valence-corrected chi connectivity index (χ4v) is 4.02. The first-order chi connectivity index (χ1) is 17.6. The van der Waals surface area contributed by atoms with Crippen LogP contribution in [0.25, 0.3) is 5.69 Å². The number of nitrogens with zero attached hydrogens (tertiary/aromatic N) is 3. The Balaban J connectivity index is 1.66. The van der Waals surface area contributed by atoms with Crippen molar-refractivity contribution in [2.75, 3.05) is 19.8 Å². The van der Waals surface area contributed by atoms with Gasteiger partial charge in [-0.2, -0.15) is 5.10 Å². The van der Waals surface area contributed by atoms with E-state index in [2.05, 4.69) is 23.0 Å². The summed E-state index contributed by atoms with van der Waals surface area (Å²) in [5.41, 5.74) is 3.87. The summed E-state index contributed by atoms with van der Waals surface area (Å²) in [7, 11) is 0. The number of hydrogen-bond acceptors (Lipinski definition) is 5. The first-order valence-electron chi connectivity index (χ1n) is 12.0. The highest BCUT2D eigenvalue weighted by Gasteiger charge is 2.23. The molecule has 0 unspecified atom stereocenters. The molecule has 1 atom stereocenters. The Hall–Kier alpha value is -3.89. The molecule has 0 aliphatic heterocycles. The lowest BCUT2D eigenvalue weighted by atomic mass is 10.1. The quantitative estimate of drug-likeness (QED) is 0.228. The van der Waals surface area contributed by atoms with Crippen molar-refractivity contribution in [3.8, 4) is 29.7 Å². The Morgan fingerprint density at radius 1 is 0.944 bits per heavy atom. The highest BCUT2D eigenvalue weighted by Crippen LogP contribution is 2.32. The van der Waals surface area contributed by atoms with Gasteiger partial charge in [-0.3, -0.25) is 4.90 Å². The summed E-state index contributed by atoms with van der Waals surface area (Å²) in [6, 6.07) is 29.8. The molecule has 1 N–H and O–H groups in total. The molecule has 4 aromatic rings. The number of rotatable bonds is 12. The van der Waals surface area contributed by atoms with E-state index in [1.165, 1.54) is 0 Å². The average molecular weight is 482 g/mol. The Morgan fingerprint density at radius 3 is 2.25 bits per heavy atom. The van der Waals surface area contributed by atoms with Gasteiger partial charge in [0, 0.05) is 19.6 Å². The van der Waals surface area contributed by atoms with E-state index in [1.807, 2.05) is 90.5 Å². The summed E-state index contributed by atoms with van der Waals surface area (Å²) in [5.74, 6) is 3.82. The van der Waals surface area contributed by atoms with Crippen molar-refractivity contribution in [1.29, 1.82) is 0 Å². The van der Waals surface area contributed by atoms with Crippen LogP contribution in [0, 0.1) is 19.3 Å². The van der Waals surface area contributed by atoms with Gasteiger partial charge in [-0.15, -0.1) is 6.42 Å². The standard InChI is InChI=1S/C30H31N3O3/c1-3-19-35-23-27(34)21-32(20-25-13-7-4-8-14-25)22-29-24(2)31-33(26-15-9-5-10-16-26)30(29)36-28-17-11-6-12-18-28/h1,4-18,27,34H,19-23H2,2H3/t27-/m1/s1. The van der Waals surface area contributed by atoms with Crippen LogP contribution in [0.1, 0.15) is 16.8 Å². The largest absolute Gasteiger partial charge is 0.439 e. The molecule has 6 heteroatoms. The second-order valence-electron chi connectivity index (χ2n) is 8.56. The fourth-order valence-electron chi connectivity index (χ4n) is 4.02. The summed E-state index contributed by atoms with van der Waals surface area (Å²) in [6.07, 6.45) is 4.59. The molecule has 1 heterocycles. The first-order valence-corrected chi connectivity index (χ1v) is 12.0. The van der Waals surface area contributed by atoms with Gasteiger partial charge in [-0.05, 0) is 36.8 Å². The van der Waals surface area contributed by atoms with Crippen LogP contribution in [-0.2, 0) is 17.8 Å². The average Bonchev–Trinajstić information content (AvgIpc) is 3.20. The van der Waals surface area contributed by atoms with Gasteiger partial charge in [-0.1, -0.05) is 72.7 Å². The summed E-state index contributed by atoms with van der Waals surface area (Å²) >= 11 is 0. The molecule has 6 nitrogen and oxygen atoms in total. The molecular formula is C30H31N3O3.